The molecule has 7 nitrogen and oxygen atoms in total. The van der Waals surface area contributed by atoms with Gasteiger partial charge in [0.05, 0.1) is 10.8 Å². The quantitative estimate of drug-likeness (QED) is 0.741. The van der Waals surface area contributed by atoms with Gasteiger partial charge >= 0.3 is 0 Å². The first-order valence-electron chi connectivity index (χ1n) is 8.97. The van der Waals surface area contributed by atoms with Gasteiger partial charge in [-0.1, -0.05) is 13.8 Å². The maximum Gasteiger partial charge on any atom is 0.243 e. The fourth-order valence-corrected chi connectivity index (χ4v) is 4.76. The standard InChI is InChI=1S/C18H27N3O4S/c1-4-10-20(11-5-2)26(24,25)16-8-6-15(7-9-16)21-13-14(12-17(21)22)18(23)19-3/h6-9,14H,4-5,10-13H2,1-3H3,(H,19,23)/t14-/m0/s1. The van der Waals surface area contributed by atoms with Gasteiger partial charge in [0.15, 0.2) is 0 Å². The van der Waals surface area contributed by atoms with Crippen LogP contribution >= 0.6 is 0 Å². The molecule has 0 aliphatic carbocycles. The monoisotopic (exact) mass is 381 g/mol. The van der Waals surface area contributed by atoms with Gasteiger partial charge in [0.1, 0.15) is 0 Å². The first-order valence-corrected chi connectivity index (χ1v) is 10.4. The lowest BCUT2D eigenvalue weighted by atomic mass is 10.1. The predicted octanol–water partition coefficient (Wildman–Crippen LogP) is 1.60. The van der Waals surface area contributed by atoms with Crippen molar-refractivity contribution in [1.29, 1.82) is 0 Å². The first kappa shape index (κ1) is 20.4. The summed E-state index contributed by atoms with van der Waals surface area (Å²) in [7, 11) is -1.99. The van der Waals surface area contributed by atoms with Gasteiger partial charge in [-0.2, -0.15) is 4.31 Å². The summed E-state index contributed by atoms with van der Waals surface area (Å²) in [5.41, 5.74) is 0.609. The highest BCUT2D eigenvalue weighted by atomic mass is 32.2. The van der Waals surface area contributed by atoms with Crippen LogP contribution in [0.1, 0.15) is 33.1 Å². The number of nitrogens with zero attached hydrogens (tertiary/aromatic N) is 2. The molecule has 0 unspecified atom stereocenters. The van der Waals surface area contributed by atoms with E-state index in [-0.39, 0.29) is 29.0 Å². The van der Waals surface area contributed by atoms with Crippen LogP contribution in [-0.4, -0.2) is 51.2 Å². The summed E-state index contributed by atoms with van der Waals surface area (Å²) in [5, 5.41) is 2.56. The second-order valence-electron chi connectivity index (χ2n) is 6.42. The number of hydrogen-bond donors (Lipinski definition) is 1. The zero-order valence-electron chi connectivity index (χ0n) is 15.6. The minimum Gasteiger partial charge on any atom is -0.359 e. The molecule has 1 saturated heterocycles. The Morgan fingerprint density at radius 3 is 2.27 bits per heavy atom. The van der Waals surface area contributed by atoms with Crippen LogP contribution in [0.4, 0.5) is 5.69 Å². The van der Waals surface area contributed by atoms with E-state index in [1.807, 2.05) is 13.8 Å². The third kappa shape index (κ3) is 4.24. The fourth-order valence-electron chi connectivity index (χ4n) is 3.13. The normalized spacial score (nSPS) is 17.8. The number of hydrogen-bond acceptors (Lipinski definition) is 4. The van der Waals surface area contributed by atoms with Crippen molar-refractivity contribution in [2.75, 3.05) is 31.6 Å². The maximum absolute atomic E-state index is 12.8. The Morgan fingerprint density at radius 1 is 1.19 bits per heavy atom. The minimum atomic E-state index is -3.54. The van der Waals surface area contributed by atoms with E-state index in [0.29, 0.717) is 25.3 Å². The summed E-state index contributed by atoms with van der Waals surface area (Å²) in [6, 6.07) is 6.33. The number of anilines is 1. The minimum absolute atomic E-state index is 0.132. The van der Waals surface area contributed by atoms with E-state index in [0.717, 1.165) is 12.8 Å². The number of sulfonamides is 1. The van der Waals surface area contributed by atoms with E-state index < -0.39 is 10.0 Å². The molecule has 0 bridgehead atoms. The van der Waals surface area contributed by atoms with Crippen LogP contribution in [0.5, 0.6) is 0 Å². The highest BCUT2D eigenvalue weighted by Crippen LogP contribution is 2.27. The zero-order chi connectivity index (χ0) is 19.3. The molecule has 1 aromatic rings. The smallest absolute Gasteiger partial charge is 0.243 e. The summed E-state index contributed by atoms with van der Waals surface area (Å²) in [4.78, 5) is 25.7. The Hall–Kier alpha value is -1.93. The third-order valence-electron chi connectivity index (χ3n) is 4.47. The highest BCUT2D eigenvalue weighted by Gasteiger charge is 2.34. The van der Waals surface area contributed by atoms with Crippen LogP contribution in [0.2, 0.25) is 0 Å². The highest BCUT2D eigenvalue weighted by molar-refractivity contribution is 7.89. The van der Waals surface area contributed by atoms with Gasteiger partial charge < -0.3 is 10.2 Å². The van der Waals surface area contributed by atoms with E-state index in [2.05, 4.69) is 5.32 Å². The SMILES string of the molecule is CCCN(CCC)S(=O)(=O)c1ccc(N2C[C@@H](C(=O)NC)CC2=O)cc1. The molecule has 26 heavy (non-hydrogen) atoms. The lowest BCUT2D eigenvalue weighted by Gasteiger charge is -2.22. The van der Waals surface area contributed by atoms with Crippen molar-refractivity contribution in [3.8, 4) is 0 Å². The average Bonchev–Trinajstić information content (AvgIpc) is 3.02. The van der Waals surface area contributed by atoms with Crippen LogP contribution in [0.3, 0.4) is 0 Å². The Balaban J connectivity index is 2.20. The second kappa shape index (κ2) is 8.64. The molecule has 2 rings (SSSR count). The molecule has 1 aliphatic heterocycles. The molecule has 144 valence electrons. The van der Waals surface area contributed by atoms with E-state index >= 15 is 0 Å². The van der Waals surface area contributed by atoms with E-state index in [9.17, 15) is 18.0 Å². The second-order valence-corrected chi connectivity index (χ2v) is 8.36. The average molecular weight is 381 g/mol. The predicted molar refractivity (Wildman–Crippen MR) is 100 cm³/mol. The molecule has 1 aromatic carbocycles. The number of carbonyl (C=O) groups excluding carboxylic acids is 2. The van der Waals surface area contributed by atoms with Crippen molar-refractivity contribution in [1.82, 2.24) is 9.62 Å². The van der Waals surface area contributed by atoms with Crippen molar-refractivity contribution in [2.24, 2.45) is 5.92 Å². The molecule has 1 fully saturated rings. The summed E-state index contributed by atoms with van der Waals surface area (Å²) in [6.07, 6.45) is 1.67. The zero-order valence-corrected chi connectivity index (χ0v) is 16.4. The molecule has 1 aliphatic rings. The number of nitrogens with one attached hydrogen (secondary N) is 1. The molecule has 0 aromatic heterocycles. The molecule has 2 amide bonds. The number of benzene rings is 1. The van der Waals surface area contributed by atoms with E-state index in [1.165, 1.54) is 21.3 Å². The first-order chi connectivity index (χ1) is 12.3. The van der Waals surface area contributed by atoms with Gasteiger partial charge in [0, 0.05) is 38.8 Å². The molecule has 8 heteroatoms. The van der Waals surface area contributed by atoms with Crippen LogP contribution in [0.15, 0.2) is 29.2 Å². The van der Waals surface area contributed by atoms with Gasteiger partial charge in [-0.25, -0.2) is 8.42 Å². The van der Waals surface area contributed by atoms with Gasteiger partial charge in [0.2, 0.25) is 21.8 Å². The van der Waals surface area contributed by atoms with Gasteiger partial charge in [-0.15, -0.1) is 0 Å². The van der Waals surface area contributed by atoms with Crippen LogP contribution < -0.4 is 10.2 Å². The number of carbonyl (C=O) groups is 2. The van der Waals surface area contributed by atoms with Gasteiger partial charge in [-0.3, -0.25) is 9.59 Å². The topological polar surface area (TPSA) is 86.8 Å². The van der Waals surface area contributed by atoms with E-state index in [4.69, 9.17) is 0 Å². The Labute approximate surface area is 155 Å². The van der Waals surface area contributed by atoms with E-state index in [1.54, 1.807) is 19.2 Å². The molecule has 0 spiro atoms. The third-order valence-corrected chi connectivity index (χ3v) is 6.39. The van der Waals surface area contributed by atoms with Crippen molar-refractivity contribution < 1.29 is 18.0 Å². The molecule has 1 atom stereocenters. The Morgan fingerprint density at radius 2 is 1.77 bits per heavy atom. The molecule has 0 saturated carbocycles. The molecular weight excluding hydrogens is 354 g/mol. The Bertz CT molecular complexity index is 740. The number of rotatable bonds is 8. The summed E-state index contributed by atoms with van der Waals surface area (Å²) in [5.74, 6) is -0.664. The molecular formula is C18H27N3O4S. The summed E-state index contributed by atoms with van der Waals surface area (Å²) >= 11 is 0. The lowest BCUT2D eigenvalue weighted by Crippen LogP contribution is -2.32. The van der Waals surface area contributed by atoms with Gasteiger partial charge in [0.25, 0.3) is 0 Å². The molecule has 1 heterocycles. The fraction of sp³-hybridized carbons (Fsp3) is 0.556. The van der Waals surface area contributed by atoms with Crippen molar-refractivity contribution >= 4 is 27.5 Å². The molecule has 1 N–H and O–H groups in total. The molecule has 0 radical (unpaired) electrons. The Kier molecular flexibility index (Phi) is 6.77. The largest absolute Gasteiger partial charge is 0.359 e. The maximum atomic E-state index is 12.8. The summed E-state index contributed by atoms with van der Waals surface area (Å²) < 4.78 is 27.1. The van der Waals surface area contributed by atoms with Crippen molar-refractivity contribution in [3.05, 3.63) is 24.3 Å². The summed E-state index contributed by atoms with van der Waals surface area (Å²) in [6.45, 7) is 5.17. The lowest BCUT2D eigenvalue weighted by molar-refractivity contribution is -0.125. The van der Waals surface area contributed by atoms with Crippen LogP contribution in [-0.2, 0) is 19.6 Å². The number of amides is 2. The van der Waals surface area contributed by atoms with Crippen LogP contribution in [0, 0.1) is 5.92 Å². The van der Waals surface area contributed by atoms with Crippen LogP contribution in [0.25, 0.3) is 0 Å². The van der Waals surface area contributed by atoms with Crippen molar-refractivity contribution in [2.45, 2.75) is 38.0 Å². The van der Waals surface area contributed by atoms with Crippen molar-refractivity contribution in [3.63, 3.8) is 0 Å². The van der Waals surface area contributed by atoms with Gasteiger partial charge in [-0.05, 0) is 37.1 Å².